The number of carboxylic acid groups (broad SMARTS) is 1. The third-order valence-electron chi connectivity index (χ3n) is 7.01. The summed E-state index contributed by atoms with van der Waals surface area (Å²) in [6, 6.07) is 13.2. The minimum Gasteiger partial charge on any atom is -0.480 e. The minimum absolute atomic E-state index is 0.203. The zero-order valence-electron chi connectivity index (χ0n) is 20.0. The number of nitrogens with zero attached hydrogens (tertiary/aromatic N) is 2. The number of carboxylic acids is 1. The van der Waals surface area contributed by atoms with Crippen LogP contribution in [0.25, 0.3) is 0 Å². The largest absolute Gasteiger partial charge is 0.480 e. The van der Waals surface area contributed by atoms with Crippen LogP contribution in [0.15, 0.2) is 48.5 Å². The van der Waals surface area contributed by atoms with E-state index in [2.05, 4.69) is 10.6 Å². The Hall–Kier alpha value is -2.81. The zero-order chi connectivity index (χ0) is 25.9. The quantitative estimate of drug-likeness (QED) is 0.501. The fraction of sp³-hybridized carbons (Fsp3) is 0.423. The number of urea groups is 1. The topological polar surface area (TPSA) is 102 Å². The predicted octanol–water partition coefficient (Wildman–Crippen LogP) is 3.90. The molecule has 2 fully saturated rings. The molecule has 3 N–H and O–H groups in total. The van der Waals surface area contributed by atoms with Crippen LogP contribution in [-0.2, 0) is 22.6 Å². The second kappa shape index (κ2) is 11.1. The Morgan fingerprint density at radius 3 is 2.42 bits per heavy atom. The molecule has 2 aliphatic rings. The second-order valence-corrected chi connectivity index (χ2v) is 10.1. The number of halogens is 2. The van der Waals surface area contributed by atoms with E-state index in [0.717, 1.165) is 11.1 Å². The zero-order valence-corrected chi connectivity index (χ0v) is 21.6. The highest BCUT2D eigenvalue weighted by atomic mass is 35.5. The summed E-state index contributed by atoms with van der Waals surface area (Å²) in [6.45, 7) is 2.85. The Bertz CT molecular complexity index is 1120. The summed E-state index contributed by atoms with van der Waals surface area (Å²) >= 11 is 12.0. The maximum absolute atomic E-state index is 13.5. The van der Waals surface area contributed by atoms with E-state index in [1.54, 1.807) is 30.0 Å². The molecule has 0 aliphatic carbocycles. The molecule has 0 bridgehead atoms. The standard InChI is InChI=1S/C26H30Cl2N4O4/c1-2-22(24(34)35)32-23(33)21(15-17-6-4-3-5-7-17)30-26(32)10-12-31(13-11-26)25(36)29-16-18-8-9-19(27)20(28)14-18/h3-9,14,21-22,30H,2,10-13,15-16H2,1H3,(H,29,36)(H,34,35). The molecular weight excluding hydrogens is 503 g/mol. The van der Waals surface area contributed by atoms with Gasteiger partial charge in [-0.05, 0) is 36.1 Å². The van der Waals surface area contributed by atoms with Gasteiger partial charge < -0.3 is 20.2 Å². The van der Waals surface area contributed by atoms with Crippen molar-refractivity contribution in [3.63, 3.8) is 0 Å². The third-order valence-corrected chi connectivity index (χ3v) is 7.75. The highest BCUT2D eigenvalue weighted by molar-refractivity contribution is 6.42. The fourth-order valence-electron chi connectivity index (χ4n) is 5.15. The Labute approximate surface area is 220 Å². The minimum atomic E-state index is -1.02. The van der Waals surface area contributed by atoms with Crippen LogP contribution in [0.5, 0.6) is 0 Å². The van der Waals surface area contributed by atoms with Gasteiger partial charge in [-0.3, -0.25) is 10.1 Å². The SMILES string of the molecule is CCC(C(=O)O)N1C(=O)C(Cc2ccccc2)NC12CCN(C(=O)NCc1ccc(Cl)c(Cl)c1)CC2. The van der Waals surface area contributed by atoms with Crippen molar-refractivity contribution in [2.45, 2.75) is 56.9 Å². The van der Waals surface area contributed by atoms with Gasteiger partial charge in [-0.15, -0.1) is 0 Å². The highest BCUT2D eigenvalue weighted by Gasteiger charge is 2.55. The first-order valence-electron chi connectivity index (χ1n) is 12.1. The van der Waals surface area contributed by atoms with Crippen LogP contribution in [0.4, 0.5) is 4.79 Å². The summed E-state index contributed by atoms with van der Waals surface area (Å²) in [5.41, 5.74) is 1.02. The molecule has 2 atom stereocenters. The number of nitrogens with one attached hydrogen (secondary N) is 2. The van der Waals surface area contributed by atoms with Gasteiger partial charge in [-0.2, -0.15) is 0 Å². The molecule has 0 saturated carbocycles. The normalized spacial score (nSPS) is 20.0. The van der Waals surface area contributed by atoms with Gasteiger partial charge >= 0.3 is 12.0 Å². The number of aliphatic carboxylic acids is 1. The predicted molar refractivity (Wildman–Crippen MR) is 138 cm³/mol. The summed E-state index contributed by atoms with van der Waals surface area (Å²) in [6.07, 6.45) is 1.65. The lowest BCUT2D eigenvalue weighted by atomic mass is 9.94. The average Bonchev–Trinajstić information content (AvgIpc) is 3.11. The average molecular weight is 533 g/mol. The van der Waals surface area contributed by atoms with Crippen molar-refractivity contribution < 1.29 is 19.5 Å². The third kappa shape index (κ3) is 5.45. The van der Waals surface area contributed by atoms with Gasteiger partial charge in [0.15, 0.2) is 0 Å². The van der Waals surface area contributed by atoms with E-state index in [1.807, 2.05) is 30.3 Å². The van der Waals surface area contributed by atoms with Crippen molar-refractivity contribution >= 4 is 41.1 Å². The number of rotatable bonds is 7. The Balaban J connectivity index is 1.45. The van der Waals surface area contributed by atoms with Crippen LogP contribution in [-0.4, -0.2) is 63.7 Å². The molecule has 2 heterocycles. The molecule has 10 heteroatoms. The van der Waals surface area contributed by atoms with Crippen molar-refractivity contribution in [3.8, 4) is 0 Å². The number of piperidine rings is 1. The smallest absolute Gasteiger partial charge is 0.326 e. The van der Waals surface area contributed by atoms with Crippen LogP contribution in [0, 0.1) is 0 Å². The van der Waals surface area contributed by atoms with Crippen LogP contribution in [0.3, 0.4) is 0 Å². The van der Waals surface area contributed by atoms with Gasteiger partial charge in [-0.25, -0.2) is 9.59 Å². The van der Waals surface area contributed by atoms with E-state index in [0.29, 0.717) is 55.4 Å². The Kier molecular flexibility index (Phi) is 8.07. The van der Waals surface area contributed by atoms with Gasteiger partial charge in [0.05, 0.1) is 21.7 Å². The monoisotopic (exact) mass is 532 g/mol. The first kappa shape index (κ1) is 26.3. The van der Waals surface area contributed by atoms with Crippen molar-refractivity contribution in [2.75, 3.05) is 13.1 Å². The van der Waals surface area contributed by atoms with Crippen molar-refractivity contribution in [1.29, 1.82) is 0 Å². The Morgan fingerprint density at radius 1 is 1.11 bits per heavy atom. The van der Waals surface area contributed by atoms with Crippen LogP contribution >= 0.6 is 23.2 Å². The number of benzene rings is 2. The molecule has 8 nitrogen and oxygen atoms in total. The maximum Gasteiger partial charge on any atom is 0.326 e. The molecule has 2 aromatic rings. The number of carbonyl (C=O) groups is 3. The first-order valence-corrected chi connectivity index (χ1v) is 12.8. The lowest BCUT2D eigenvalue weighted by molar-refractivity contribution is -0.154. The van der Waals surface area contributed by atoms with Gasteiger partial charge in [0, 0.05) is 32.5 Å². The number of likely N-dealkylation sites (tertiary alicyclic amines) is 1. The molecule has 192 valence electrons. The van der Waals surface area contributed by atoms with Crippen LogP contribution in [0.1, 0.15) is 37.3 Å². The molecule has 2 aliphatic heterocycles. The van der Waals surface area contributed by atoms with Crippen molar-refractivity contribution in [1.82, 2.24) is 20.4 Å². The van der Waals surface area contributed by atoms with E-state index >= 15 is 0 Å². The Morgan fingerprint density at radius 2 is 1.81 bits per heavy atom. The molecule has 2 saturated heterocycles. The van der Waals surface area contributed by atoms with E-state index < -0.39 is 23.7 Å². The molecule has 2 unspecified atom stereocenters. The lowest BCUT2D eigenvalue weighted by Gasteiger charge is -2.46. The van der Waals surface area contributed by atoms with E-state index in [9.17, 15) is 19.5 Å². The summed E-state index contributed by atoms with van der Waals surface area (Å²) in [7, 11) is 0. The molecule has 0 radical (unpaired) electrons. The molecular formula is C26H30Cl2N4O4. The van der Waals surface area contributed by atoms with Crippen LogP contribution in [0.2, 0.25) is 10.0 Å². The van der Waals surface area contributed by atoms with Gasteiger partial charge in [0.1, 0.15) is 6.04 Å². The maximum atomic E-state index is 13.5. The van der Waals surface area contributed by atoms with Gasteiger partial charge in [-0.1, -0.05) is 66.5 Å². The molecule has 4 rings (SSSR count). The molecule has 36 heavy (non-hydrogen) atoms. The number of hydrogen-bond donors (Lipinski definition) is 3. The fourth-order valence-corrected chi connectivity index (χ4v) is 5.47. The summed E-state index contributed by atoms with van der Waals surface area (Å²) in [4.78, 5) is 41.6. The van der Waals surface area contributed by atoms with Gasteiger partial charge in [0.25, 0.3) is 0 Å². The number of carbonyl (C=O) groups excluding carboxylic acids is 2. The van der Waals surface area contributed by atoms with Crippen molar-refractivity contribution in [2.24, 2.45) is 0 Å². The van der Waals surface area contributed by atoms with E-state index in [-0.39, 0.29) is 11.9 Å². The van der Waals surface area contributed by atoms with Crippen LogP contribution < -0.4 is 10.6 Å². The van der Waals surface area contributed by atoms with Crippen molar-refractivity contribution in [3.05, 3.63) is 69.7 Å². The second-order valence-electron chi connectivity index (χ2n) is 9.28. The highest BCUT2D eigenvalue weighted by Crippen LogP contribution is 2.36. The molecule has 1 spiro atoms. The number of amides is 3. The molecule has 0 aromatic heterocycles. The summed E-state index contributed by atoms with van der Waals surface area (Å²) in [5.74, 6) is -1.22. The van der Waals surface area contributed by atoms with Gasteiger partial charge in [0.2, 0.25) is 5.91 Å². The molecule has 3 amide bonds. The van der Waals surface area contributed by atoms with E-state index in [4.69, 9.17) is 23.2 Å². The molecule has 2 aromatic carbocycles. The number of hydrogen-bond acceptors (Lipinski definition) is 4. The summed E-state index contributed by atoms with van der Waals surface area (Å²) in [5, 5.41) is 17.1. The first-order chi connectivity index (χ1) is 17.2. The van der Waals surface area contributed by atoms with E-state index in [1.165, 1.54) is 4.90 Å². The lowest BCUT2D eigenvalue weighted by Crippen LogP contribution is -2.63. The summed E-state index contributed by atoms with van der Waals surface area (Å²) < 4.78 is 0.